The lowest BCUT2D eigenvalue weighted by Crippen LogP contribution is -1.38. The summed E-state index contributed by atoms with van der Waals surface area (Å²) in [6.45, 7) is 0. The standard InChI is InChI=1S/3C4H5N.B/c3*1-2-4-5-3-1;/h3*1-5H;. The average Bonchev–Trinajstić information content (AvgIpc) is 3.09. The van der Waals surface area contributed by atoms with Crippen LogP contribution < -0.4 is 0 Å². The molecule has 3 N–H and O–H groups in total. The van der Waals surface area contributed by atoms with Crippen LogP contribution in [0.1, 0.15) is 0 Å². The second-order valence-corrected chi connectivity index (χ2v) is 2.65. The summed E-state index contributed by atoms with van der Waals surface area (Å²) in [4.78, 5) is 8.58. The fraction of sp³-hybridized carbons (Fsp3) is 0. The Balaban J connectivity index is 0.000000205. The smallest absolute Gasteiger partial charge is 0.000496 e. The van der Waals surface area contributed by atoms with Crippen molar-refractivity contribution in [3.05, 3.63) is 73.6 Å². The summed E-state index contributed by atoms with van der Waals surface area (Å²) < 4.78 is 0. The van der Waals surface area contributed by atoms with E-state index in [1.807, 2.05) is 73.6 Å². The van der Waals surface area contributed by atoms with Gasteiger partial charge in [0.15, 0.2) is 0 Å². The maximum atomic E-state index is 2.86. The van der Waals surface area contributed by atoms with Gasteiger partial charge in [0, 0.05) is 45.6 Å². The van der Waals surface area contributed by atoms with Gasteiger partial charge in [-0.05, 0) is 36.4 Å². The Hall–Kier alpha value is -2.10. The van der Waals surface area contributed by atoms with E-state index >= 15 is 0 Å². The van der Waals surface area contributed by atoms with Crippen LogP contribution in [-0.2, 0) is 0 Å². The summed E-state index contributed by atoms with van der Waals surface area (Å²) in [5.41, 5.74) is 0. The minimum Gasteiger partial charge on any atom is -0.368 e. The number of hydrogen-bond donors (Lipinski definition) is 3. The molecule has 4 heteroatoms. The molecule has 0 unspecified atom stereocenters. The lowest BCUT2D eigenvalue weighted by atomic mass is 10.7. The first-order valence-electron chi connectivity index (χ1n) is 4.73. The zero-order chi connectivity index (χ0) is 10.6. The largest absolute Gasteiger partial charge is 0.368 e. The van der Waals surface area contributed by atoms with Crippen LogP contribution in [0.15, 0.2) is 73.6 Å². The summed E-state index contributed by atoms with van der Waals surface area (Å²) in [5.74, 6) is 0. The molecular weight excluding hydrogens is 197 g/mol. The van der Waals surface area contributed by atoms with Crippen LogP contribution in [-0.4, -0.2) is 23.4 Å². The molecule has 0 aliphatic rings. The van der Waals surface area contributed by atoms with Crippen LogP contribution in [0.3, 0.4) is 0 Å². The number of rotatable bonds is 0. The molecule has 3 aromatic rings. The highest BCUT2D eigenvalue weighted by Gasteiger charge is 1.56. The minimum absolute atomic E-state index is 0. The number of H-pyrrole nitrogens is 3. The molecule has 0 fully saturated rings. The maximum absolute atomic E-state index is 2.86. The highest BCUT2D eigenvalue weighted by molar-refractivity contribution is 5.75. The van der Waals surface area contributed by atoms with Crippen LogP contribution in [0.2, 0.25) is 0 Å². The van der Waals surface area contributed by atoms with Crippen LogP contribution in [0.5, 0.6) is 0 Å². The van der Waals surface area contributed by atoms with Crippen molar-refractivity contribution in [1.29, 1.82) is 0 Å². The summed E-state index contributed by atoms with van der Waals surface area (Å²) in [6.07, 6.45) is 11.2. The second-order valence-electron chi connectivity index (χ2n) is 2.65. The van der Waals surface area contributed by atoms with Gasteiger partial charge >= 0.3 is 0 Å². The zero-order valence-electron chi connectivity index (χ0n) is 9.01. The van der Waals surface area contributed by atoms with Crippen molar-refractivity contribution in [2.24, 2.45) is 0 Å². The molecule has 3 radical (unpaired) electrons. The fourth-order valence-corrected chi connectivity index (χ4v) is 0.833. The van der Waals surface area contributed by atoms with Crippen LogP contribution in [0.4, 0.5) is 0 Å². The lowest BCUT2D eigenvalue weighted by Gasteiger charge is -1.49. The Morgan fingerprint density at radius 2 is 0.562 bits per heavy atom. The molecule has 0 bridgehead atoms. The second kappa shape index (κ2) is 11.0. The molecule has 0 aromatic carbocycles. The Bertz CT molecular complexity index is 248. The molecule has 3 nitrogen and oxygen atoms in total. The van der Waals surface area contributed by atoms with E-state index in [0.717, 1.165) is 0 Å². The third-order valence-electron chi connectivity index (χ3n) is 1.49. The lowest BCUT2D eigenvalue weighted by molar-refractivity contribution is 1.41. The molecule has 3 aromatic heterocycles. The molecule has 0 saturated heterocycles. The van der Waals surface area contributed by atoms with E-state index in [2.05, 4.69) is 15.0 Å². The number of aromatic amines is 3. The SMILES string of the molecule is [B].c1cc[nH]c1.c1cc[nH]c1.c1cc[nH]c1. The summed E-state index contributed by atoms with van der Waals surface area (Å²) in [6, 6.07) is 11.7. The Kier molecular flexibility index (Phi) is 9.54. The first kappa shape index (κ1) is 13.9. The predicted molar refractivity (Wildman–Crippen MR) is 68.1 cm³/mol. The van der Waals surface area contributed by atoms with E-state index < -0.39 is 0 Å². The van der Waals surface area contributed by atoms with E-state index in [1.165, 1.54) is 0 Å². The van der Waals surface area contributed by atoms with Gasteiger partial charge in [0.1, 0.15) is 0 Å². The van der Waals surface area contributed by atoms with Gasteiger partial charge in [-0.2, -0.15) is 0 Å². The summed E-state index contributed by atoms with van der Waals surface area (Å²) in [5, 5.41) is 0. The molecule has 0 aliphatic carbocycles. The highest BCUT2D eigenvalue weighted by atomic mass is 14.6. The Morgan fingerprint density at radius 3 is 0.625 bits per heavy atom. The minimum atomic E-state index is 0. The third kappa shape index (κ3) is 8.50. The quantitative estimate of drug-likeness (QED) is 0.480. The molecule has 0 saturated carbocycles. The van der Waals surface area contributed by atoms with Crippen LogP contribution in [0, 0.1) is 0 Å². The third-order valence-corrected chi connectivity index (χ3v) is 1.49. The topological polar surface area (TPSA) is 47.4 Å². The zero-order valence-corrected chi connectivity index (χ0v) is 9.01. The van der Waals surface area contributed by atoms with E-state index in [0.29, 0.717) is 0 Å². The maximum Gasteiger partial charge on any atom is 0.000496 e. The summed E-state index contributed by atoms with van der Waals surface area (Å²) in [7, 11) is 0. The van der Waals surface area contributed by atoms with Crippen molar-refractivity contribution in [3.63, 3.8) is 0 Å². The molecule has 0 atom stereocenters. The average molecular weight is 212 g/mol. The van der Waals surface area contributed by atoms with E-state index in [9.17, 15) is 0 Å². The number of hydrogen-bond acceptors (Lipinski definition) is 0. The van der Waals surface area contributed by atoms with Gasteiger partial charge < -0.3 is 15.0 Å². The van der Waals surface area contributed by atoms with Crippen molar-refractivity contribution in [1.82, 2.24) is 15.0 Å². The van der Waals surface area contributed by atoms with Gasteiger partial charge in [-0.1, -0.05) is 0 Å². The highest BCUT2D eigenvalue weighted by Crippen LogP contribution is 1.73. The van der Waals surface area contributed by atoms with E-state index in [1.54, 1.807) is 0 Å². The molecule has 0 aliphatic heterocycles. The van der Waals surface area contributed by atoms with Crippen molar-refractivity contribution in [2.75, 3.05) is 0 Å². The molecular formula is C12H15BN3. The molecule has 0 spiro atoms. The molecule has 0 amide bonds. The van der Waals surface area contributed by atoms with Crippen molar-refractivity contribution in [3.8, 4) is 0 Å². The Labute approximate surface area is 97.5 Å². The molecule has 3 heterocycles. The van der Waals surface area contributed by atoms with Crippen LogP contribution in [0.25, 0.3) is 0 Å². The number of nitrogens with one attached hydrogen (secondary N) is 3. The first-order valence-corrected chi connectivity index (χ1v) is 4.73. The summed E-state index contributed by atoms with van der Waals surface area (Å²) >= 11 is 0. The molecule has 16 heavy (non-hydrogen) atoms. The van der Waals surface area contributed by atoms with Gasteiger partial charge in [0.05, 0.1) is 0 Å². The normalized spacial score (nSPS) is 7.50. The first-order chi connectivity index (χ1) is 7.50. The van der Waals surface area contributed by atoms with Crippen molar-refractivity contribution in [2.45, 2.75) is 0 Å². The van der Waals surface area contributed by atoms with Gasteiger partial charge in [-0.15, -0.1) is 0 Å². The number of aromatic nitrogens is 3. The van der Waals surface area contributed by atoms with Gasteiger partial charge in [-0.25, -0.2) is 0 Å². The Morgan fingerprint density at radius 1 is 0.375 bits per heavy atom. The fourth-order valence-electron chi connectivity index (χ4n) is 0.833. The molecule has 81 valence electrons. The van der Waals surface area contributed by atoms with E-state index in [4.69, 9.17) is 0 Å². The van der Waals surface area contributed by atoms with Gasteiger partial charge in [0.25, 0.3) is 0 Å². The van der Waals surface area contributed by atoms with Crippen molar-refractivity contribution < 1.29 is 0 Å². The molecule has 3 rings (SSSR count). The van der Waals surface area contributed by atoms with Gasteiger partial charge in [0.2, 0.25) is 0 Å². The monoisotopic (exact) mass is 212 g/mol. The van der Waals surface area contributed by atoms with Crippen molar-refractivity contribution >= 4 is 8.41 Å². The van der Waals surface area contributed by atoms with E-state index in [-0.39, 0.29) is 8.41 Å². The van der Waals surface area contributed by atoms with Crippen LogP contribution >= 0.6 is 0 Å². The van der Waals surface area contributed by atoms with Gasteiger partial charge in [-0.3, -0.25) is 0 Å². The predicted octanol–water partition coefficient (Wildman–Crippen LogP) is 2.66.